The summed E-state index contributed by atoms with van der Waals surface area (Å²) in [7, 11) is 0. The number of amides is 1. The SMILES string of the molecule is O=C(CCCc1ccc(N(CCCl)CCCl)cc1)Nc1ccnc(=O)n1C1OC(CO)C(O)C1O. The van der Waals surface area contributed by atoms with Gasteiger partial charge in [-0.2, -0.15) is 0 Å². The number of aliphatic hydroxyl groups is 3. The van der Waals surface area contributed by atoms with Gasteiger partial charge in [-0.1, -0.05) is 12.1 Å². The van der Waals surface area contributed by atoms with E-state index >= 15 is 0 Å². The predicted octanol–water partition coefficient (Wildman–Crippen LogP) is 1.10. The van der Waals surface area contributed by atoms with E-state index < -0.39 is 36.8 Å². The topological polar surface area (TPSA) is 137 Å². The lowest BCUT2D eigenvalue weighted by Crippen LogP contribution is -2.37. The second-order valence-electron chi connectivity index (χ2n) is 8.14. The van der Waals surface area contributed by atoms with Crippen LogP contribution in [0.4, 0.5) is 11.5 Å². The monoisotopic (exact) mass is 528 g/mol. The van der Waals surface area contributed by atoms with Gasteiger partial charge in [0.25, 0.3) is 0 Å². The van der Waals surface area contributed by atoms with Crippen molar-refractivity contribution < 1.29 is 24.9 Å². The molecule has 2 aromatic rings. The molecule has 1 saturated heterocycles. The van der Waals surface area contributed by atoms with Crippen LogP contribution in [0.3, 0.4) is 0 Å². The Balaban J connectivity index is 1.58. The molecule has 0 radical (unpaired) electrons. The van der Waals surface area contributed by atoms with Gasteiger partial charge < -0.3 is 30.3 Å². The number of aromatic nitrogens is 2. The number of ether oxygens (including phenoxy) is 1. The third-order valence-corrected chi connectivity index (χ3v) is 6.14. The minimum Gasteiger partial charge on any atom is -0.394 e. The largest absolute Gasteiger partial charge is 0.394 e. The van der Waals surface area contributed by atoms with Crippen LogP contribution in [0.1, 0.15) is 24.6 Å². The predicted molar refractivity (Wildman–Crippen MR) is 133 cm³/mol. The maximum absolute atomic E-state index is 12.6. The zero-order chi connectivity index (χ0) is 25.4. The van der Waals surface area contributed by atoms with Crippen LogP contribution in [0, 0.1) is 0 Å². The quantitative estimate of drug-likeness (QED) is 0.300. The van der Waals surface area contributed by atoms with Crippen LogP contribution in [0.5, 0.6) is 0 Å². The molecule has 192 valence electrons. The van der Waals surface area contributed by atoms with Crippen molar-refractivity contribution in [3.63, 3.8) is 0 Å². The molecule has 4 atom stereocenters. The van der Waals surface area contributed by atoms with Crippen molar-refractivity contribution in [1.82, 2.24) is 9.55 Å². The van der Waals surface area contributed by atoms with Crippen LogP contribution in [0.2, 0.25) is 0 Å². The van der Waals surface area contributed by atoms with Gasteiger partial charge in [0.2, 0.25) is 5.91 Å². The number of carbonyl (C=O) groups excluding carboxylic acids is 1. The van der Waals surface area contributed by atoms with Gasteiger partial charge in [-0.25, -0.2) is 14.3 Å². The molecule has 1 aliphatic rings. The first-order valence-corrected chi connectivity index (χ1v) is 12.4. The van der Waals surface area contributed by atoms with E-state index in [2.05, 4.69) is 15.2 Å². The molecule has 0 spiro atoms. The van der Waals surface area contributed by atoms with Crippen LogP contribution >= 0.6 is 23.2 Å². The molecule has 35 heavy (non-hydrogen) atoms. The number of nitrogens with zero attached hydrogens (tertiary/aromatic N) is 3. The van der Waals surface area contributed by atoms with Gasteiger partial charge in [0.15, 0.2) is 6.23 Å². The molecular formula is C23H30Cl2N4O6. The Morgan fingerprint density at radius 2 is 1.80 bits per heavy atom. The van der Waals surface area contributed by atoms with Crippen LogP contribution in [0.25, 0.3) is 0 Å². The highest BCUT2D eigenvalue weighted by Crippen LogP contribution is 2.30. The molecule has 10 nitrogen and oxygen atoms in total. The average molecular weight is 529 g/mol. The molecule has 1 aromatic heterocycles. The molecular weight excluding hydrogens is 499 g/mol. The summed E-state index contributed by atoms with van der Waals surface area (Å²) in [6.45, 7) is 0.872. The first kappa shape index (κ1) is 27.4. The summed E-state index contributed by atoms with van der Waals surface area (Å²) >= 11 is 11.7. The van der Waals surface area contributed by atoms with Crippen LogP contribution in [0.15, 0.2) is 41.3 Å². The molecule has 0 saturated carbocycles. The highest BCUT2D eigenvalue weighted by atomic mass is 35.5. The van der Waals surface area contributed by atoms with Crippen molar-refractivity contribution in [2.24, 2.45) is 0 Å². The van der Waals surface area contributed by atoms with E-state index in [0.29, 0.717) is 37.7 Å². The van der Waals surface area contributed by atoms with E-state index in [1.165, 1.54) is 12.3 Å². The second-order valence-corrected chi connectivity index (χ2v) is 8.90. The summed E-state index contributed by atoms with van der Waals surface area (Å²) in [6.07, 6.45) is -2.55. The third-order valence-electron chi connectivity index (χ3n) is 5.80. The number of aryl methyl sites for hydroxylation is 1. The molecule has 4 unspecified atom stereocenters. The highest BCUT2D eigenvalue weighted by molar-refractivity contribution is 6.18. The lowest BCUT2D eigenvalue weighted by molar-refractivity contribution is -0.116. The molecule has 1 aromatic carbocycles. The summed E-state index contributed by atoms with van der Waals surface area (Å²) in [4.78, 5) is 30.7. The second kappa shape index (κ2) is 13.2. The van der Waals surface area contributed by atoms with Crippen molar-refractivity contribution in [2.45, 2.75) is 43.8 Å². The minimum absolute atomic E-state index is 0.0767. The van der Waals surface area contributed by atoms with Gasteiger partial charge in [-0.15, -0.1) is 23.2 Å². The Bertz CT molecular complexity index is 1020. The van der Waals surface area contributed by atoms with E-state index in [4.69, 9.17) is 27.9 Å². The fourth-order valence-electron chi connectivity index (χ4n) is 3.96. The average Bonchev–Trinajstić information content (AvgIpc) is 3.13. The Morgan fingerprint density at radius 1 is 1.11 bits per heavy atom. The summed E-state index contributed by atoms with van der Waals surface area (Å²) in [5.41, 5.74) is 1.34. The van der Waals surface area contributed by atoms with Crippen LogP contribution < -0.4 is 15.9 Å². The number of aliphatic hydroxyl groups excluding tert-OH is 3. The van der Waals surface area contributed by atoms with Crippen molar-refractivity contribution in [3.05, 3.63) is 52.6 Å². The number of rotatable bonds is 12. The van der Waals surface area contributed by atoms with Gasteiger partial charge in [0.1, 0.15) is 24.1 Å². The van der Waals surface area contributed by atoms with Crippen LogP contribution in [-0.2, 0) is 16.0 Å². The normalized spacial score (nSPS) is 21.7. The number of carbonyl (C=O) groups is 1. The number of hydrogen-bond donors (Lipinski definition) is 4. The number of halogens is 2. The van der Waals surface area contributed by atoms with Gasteiger partial charge in [0, 0.05) is 43.2 Å². The third kappa shape index (κ3) is 6.93. The van der Waals surface area contributed by atoms with Crippen LogP contribution in [-0.4, -0.2) is 80.5 Å². The maximum atomic E-state index is 12.6. The summed E-state index contributed by atoms with van der Waals surface area (Å²) < 4.78 is 6.39. The smallest absolute Gasteiger partial charge is 0.351 e. The zero-order valence-electron chi connectivity index (χ0n) is 19.1. The molecule has 1 aliphatic heterocycles. The number of nitrogens with one attached hydrogen (secondary N) is 1. The van der Waals surface area contributed by atoms with E-state index in [-0.39, 0.29) is 18.1 Å². The molecule has 2 heterocycles. The summed E-state index contributed by atoms with van der Waals surface area (Å²) in [5.74, 6) is 0.761. The van der Waals surface area contributed by atoms with Gasteiger partial charge in [-0.05, 0) is 36.6 Å². The standard InChI is InChI=1S/C23H30Cl2N4O6/c24-9-12-28(13-10-25)16-6-4-15(5-7-16)2-1-3-19(31)27-18-8-11-26-23(34)29(18)22-21(33)20(32)17(14-30)35-22/h4-8,11,17,20-22,30,32-33H,1-3,9-10,12-14H2,(H,27,31). The van der Waals surface area contributed by atoms with E-state index in [1.54, 1.807) is 0 Å². The Morgan fingerprint density at radius 3 is 2.40 bits per heavy atom. The summed E-state index contributed by atoms with van der Waals surface area (Å²) in [5, 5.41) is 32.2. The lowest BCUT2D eigenvalue weighted by Gasteiger charge is -2.23. The van der Waals surface area contributed by atoms with Crippen molar-refractivity contribution in [2.75, 3.05) is 41.7 Å². The van der Waals surface area contributed by atoms with Crippen molar-refractivity contribution in [1.29, 1.82) is 0 Å². The van der Waals surface area contributed by atoms with E-state index in [1.807, 2.05) is 24.3 Å². The van der Waals surface area contributed by atoms with Crippen molar-refractivity contribution in [3.8, 4) is 0 Å². The van der Waals surface area contributed by atoms with Gasteiger partial charge >= 0.3 is 5.69 Å². The zero-order valence-corrected chi connectivity index (χ0v) is 20.6. The Labute approximate surface area is 213 Å². The number of anilines is 2. The molecule has 1 fully saturated rings. The molecule has 4 N–H and O–H groups in total. The van der Waals surface area contributed by atoms with Gasteiger partial charge in [0.05, 0.1) is 6.61 Å². The molecule has 3 rings (SSSR count). The van der Waals surface area contributed by atoms with Crippen molar-refractivity contribution >= 4 is 40.6 Å². The van der Waals surface area contributed by atoms with E-state index in [9.17, 15) is 24.9 Å². The Kier molecular flexibility index (Phi) is 10.3. The molecule has 12 heteroatoms. The molecule has 0 bridgehead atoms. The minimum atomic E-state index is -1.47. The number of benzene rings is 1. The summed E-state index contributed by atoms with van der Waals surface area (Å²) in [6, 6.07) is 9.42. The first-order valence-electron chi connectivity index (χ1n) is 11.3. The lowest BCUT2D eigenvalue weighted by atomic mass is 10.1. The number of hydrogen-bond acceptors (Lipinski definition) is 8. The Hall–Kier alpha value is -2.21. The fraction of sp³-hybridized carbons (Fsp3) is 0.522. The van der Waals surface area contributed by atoms with E-state index in [0.717, 1.165) is 15.8 Å². The fourth-order valence-corrected chi connectivity index (χ4v) is 4.37. The maximum Gasteiger partial charge on any atom is 0.351 e. The van der Waals surface area contributed by atoms with Gasteiger partial charge in [-0.3, -0.25) is 4.79 Å². The first-order chi connectivity index (χ1) is 16.9. The molecule has 1 amide bonds. The number of alkyl halides is 2. The molecule has 0 aliphatic carbocycles. The highest BCUT2D eigenvalue weighted by Gasteiger charge is 2.44.